The molecule has 0 aliphatic carbocycles. The Balaban J connectivity index is 2.39. The molecular formula is C8H11NO4. The van der Waals surface area contributed by atoms with E-state index in [1.807, 2.05) is 0 Å². The maximum absolute atomic E-state index is 10.4. The van der Waals surface area contributed by atoms with Gasteiger partial charge in [-0.3, -0.25) is 0 Å². The molecule has 0 amide bonds. The highest BCUT2D eigenvalue weighted by atomic mass is 16.5. The van der Waals surface area contributed by atoms with Crippen LogP contribution in [0.3, 0.4) is 0 Å². The molecule has 0 saturated carbocycles. The third-order valence-corrected chi connectivity index (χ3v) is 1.50. The van der Waals surface area contributed by atoms with E-state index < -0.39 is 12.1 Å². The molecule has 1 atom stereocenters. The lowest BCUT2D eigenvalue weighted by Gasteiger charge is -2.04. The van der Waals surface area contributed by atoms with Crippen LogP contribution in [0.5, 0.6) is 0 Å². The van der Waals surface area contributed by atoms with Gasteiger partial charge in [-0.15, -0.1) is 0 Å². The molecule has 13 heavy (non-hydrogen) atoms. The lowest BCUT2D eigenvalue weighted by atomic mass is 10.4. The quantitative estimate of drug-likeness (QED) is 0.756. The lowest BCUT2D eigenvalue weighted by Crippen LogP contribution is -2.19. The van der Waals surface area contributed by atoms with Crippen LogP contribution < -0.4 is 0 Å². The van der Waals surface area contributed by atoms with Gasteiger partial charge in [0.25, 0.3) is 0 Å². The Morgan fingerprint density at radius 1 is 1.85 bits per heavy atom. The van der Waals surface area contributed by atoms with E-state index in [9.17, 15) is 4.79 Å². The van der Waals surface area contributed by atoms with Gasteiger partial charge in [0.05, 0.1) is 5.69 Å². The minimum Gasteiger partial charge on any atom is -0.479 e. The van der Waals surface area contributed by atoms with Crippen molar-refractivity contribution in [2.24, 2.45) is 0 Å². The van der Waals surface area contributed by atoms with Crippen LogP contribution in [0, 0.1) is 6.92 Å². The average molecular weight is 185 g/mol. The zero-order valence-electron chi connectivity index (χ0n) is 7.48. The number of aliphatic carboxylic acids is 1. The molecule has 1 rings (SSSR count). The molecule has 5 heteroatoms. The van der Waals surface area contributed by atoms with E-state index in [-0.39, 0.29) is 6.61 Å². The van der Waals surface area contributed by atoms with Gasteiger partial charge in [0.2, 0.25) is 0 Å². The Labute approximate surface area is 75.3 Å². The van der Waals surface area contributed by atoms with Gasteiger partial charge in [0.15, 0.2) is 11.9 Å². The molecule has 1 N–H and O–H groups in total. The molecule has 1 aromatic heterocycles. The number of rotatable bonds is 4. The third kappa shape index (κ3) is 2.87. The highest BCUT2D eigenvalue weighted by Gasteiger charge is 2.12. The second-order valence-electron chi connectivity index (χ2n) is 2.73. The number of ether oxygens (including phenoxy) is 1. The van der Waals surface area contributed by atoms with Crippen LogP contribution in [-0.2, 0) is 16.1 Å². The fourth-order valence-corrected chi connectivity index (χ4v) is 0.763. The summed E-state index contributed by atoms with van der Waals surface area (Å²) < 4.78 is 9.80. The number of carboxylic acids is 1. The van der Waals surface area contributed by atoms with Crippen LogP contribution >= 0.6 is 0 Å². The summed E-state index contributed by atoms with van der Waals surface area (Å²) in [5.74, 6) is -0.457. The number of hydrogen-bond donors (Lipinski definition) is 1. The number of aromatic nitrogens is 1. The van der Waals surface area contributed by atoms with Crippen LogP contribution in [0.25, 0.3) is 0 Å². The first-order valence-electron chi connectivity index (χ1n) is 3.86. The number of hydrogen-bond acceptors (Lipinski definition) is 4. The van der Waals surface area contributed by atoms with E-state index in [0.717, 1.165) is 5.69 Å². The highest BCUT2D eigenvalue weighted by Crippen LogP contribution is 2.05. The number of aryl methyl sites for hydroxylation is 1. The molecule has 0 saturated heterocycles. The molecule has 0 fully saturated rings. The Hall–Kier alpha value is -1.36. The van der Waals surface area contributed by atoms with Gasteiger partial charge in [-0.1, -0.05) is 5.16 Å². The molecule has 0 aromatic carbocycles. The van der Waals surface area contributed by atoms with Gasteiger partial charge in [0, 0.05) is 6.07 Å². The van der Waals surface area contributed by atoms with Crippen LogP contribution in [0.1, 0.15) is 18.4 Å². The van der Waals surface area contributed by atoms with Crippen molar-refractivity contribution in [3.63, 3.8) is 0 Å². The normalized spacial score (nSPS) is 12.8. The minimum atomic E-state index is -0.990. The predicted molar refractivity (Wildman–Crippen MR) is 43.1 cm³/mol. The Bertz CT molecular complexity index is 294. The van der Waals surface area contributed by atoms with Gasteiger partial charge < -0.3 is 14.4 Å². The summed E-state index contributed by atoms with van der Waals surface area (Å²) in [5, 5.41) is 12.1. The van der Waals surface area contributed by atoms with Crippen molar-refractivity contribution in [3.05, 3.63) is 17.5 Å². The van der Waals surface area contributed by atoms with Gasteiger partial charge in [-0.2, -0.15) is 0 Å². The van der Waals surface area contributed by atoms with Crippen molar-refractivity contribution in [1.82, 2.24) is 5.16 Å². The molecule has 0 spiro atoms. The summed E-state index contributed by atoms with van der Waals surface area (Å²) in [5.41, 5.74) is 0.751. The van der Waals surface area contributed by atoms with E-state index >= 15 is 0 Å². The number of carbonyl (C=O) groups is 1. The number of nitrogens with zero attached hydrogens (tertiary/aromatic N) is 1. The fourth-order valence-electron chi connectivity index (χ4n) is 0.763. The van der Waals surface area contributed by atoms with E-state index in [0.29, 0.717) is 5.76 Å². The van der Waals surface area contributed by atoms with Crippen molar-refractivity contribution in [2.45, 2.75) is 26.6 Å². The van der Waals surface area contributed by atoms with E-state index in [4.69, 9.17) is 14.4 Å². The summed E-state index contributed by atoms with van der Waals surface area (Å²) in [6.07, 6.45) is -0.828. The maximum atomic E-state index is 10.4. The van der Waals surface area contributed by atoms with Gasteiger partial charge in [-0.05, 0) is 13.8 Å². The largest absolute Gasteiger partial charge is 0.479 e. The van der Waals surface area contributed by atoms with Crippen LogP contribution in [0.2, 0.25) is 0 Å². The maximum Gasteiger partial charge on any atom is 0.332 e. The minimum absolute atomic E-state index is 0.133. The third-order valence-electron chi connectivity index (χ3n) is 1.50. The predicted octanol–water partition coefficient (Wildman–Crippen LogP) is 0.973. The van der Waals surface area contributed by atoms with Gasteiger partial charge in [0.1, 0.15) is 6.61 Å². The second kappa shape index (κ2) is 4.04. The smallest absolute Gasteiger partial charge is 0.332 e. The monoisotopic (exact) mass is 185 g/mol. The first kappa shape index (κ1) is 9.73. The van der Waals surface area contributed by atoms with Crippen LogP contribution in [0.15, 0.2) is 10.6 Å². The Morgan fingerprint density at radius 2 is 2.54 bits per heavy atom. The SMILES string of the molecule is Cc1cc(CO[C@H](C)C(=O)O)on1. The van der Waals surface area contributed by atoms with Crippen molar-refractivity contribution in [1.29, 1.82) is 0 Å². The van der Waals surface area contributed by atoms with Crippen LogP contribution in [-0.4, -0.2) is 22.3 Å². The molecule has 0 radical (unpaired) electrons. The van der Waals surface area contributed by atoms with E-state index in [2.05, 4.69) is 5.16 Å². The van der Waals surface area contributed by atoms with E-state index in [1.165, 1.54) is 6.92 Å². The second-order valence-corrected chi connectivity index (χ2v) is 2.73. The average Bonchev–Trinajstić information content (AvgIpc) is 2.47. The molecule has 1 aromatic rings. The first-order chi connectivity index (χ1) is 6.09. The molecule has 0 bridgehead atoms. The molecule has 72 valence electrons. The topological polar surface area (TPSA) is 72.6 Å². The summed E-state index contributed by atoms with van der Waals surface area (Å²) in [6.45, 7) is 3.38. The van der Waals surface area contributed by atoms with Crippen molar-refractivity contribution >= 4 is 5.97 Å². The molecule has 0 unspecified atom stereocenters. The lowest BCUT2D eigenvalue weighted by molar-refractivity contribution is -0.150. The van der Waals surface area contributed by atoms with E-state index in [1.54, 1.807) is 13.0 Å². The molecule has 0 aliphatic heterocycles. The van der Waals surface area contributed by atoms with Crippen molar-refractivity contribution in [3.8, 4) is 0 Å². The molecule has 0 aliphatic rings. The molecule has 1 heterocycles. The summed E-state index contributed by atoms with van der Waals surface area (Å²) in [7, 11) is 0. The zero-order chi connectivity index (χ0) is 9.84. The summed E-state index contributed by atoms with van der Waals surface area (Å²) in [6, 6.07) is 1.70. The van der Waals surface area contributed by atoms with Crippen molar-refractivity contribution < 1.29 is 19.2 Å². The molecular weight excluding hydrogens is 174 g/mol. The van der Waals surface area contributed by atoms with Gasteiger partial charge >= 0.3 is 5.97 Å². The Kier molecular flexibility index (Phi) is 3.02. The van der Waals surface area contributed by atoms with Crippen molar-refractivity contribution in [2.75, 3.05) is 0 Å². The van der Waals surface area contributed by atoms with Gasteiger partial charge in [-0.25, -0.2) is 4.79 Å². The number of carboxylic acid groups (broad SMARTS) is 1. The standard InChI is InChI=1S/C8H11NO4/c1-5-3-7(13-9-5)4-12-6(2)8(10)11/h3,6H,4H2,1-2H3,(H,10,11)/t6-/m1/s1. The summed E-state index contributed by atoms with van der Waals surface area (Å²) >= 11 is 0. The Morgan fingerprint density at radius 3 is 3.00 bits per heavy atom. The fraction of sp³-hybridized carbons (Fsp3) is 0.500. The first-order valence-corrected chi connectivity index (χ1v) is 3.86. The van der Waals surface area contributed by atoms with Crippen LogP contribution in [0.4, 0.5) is 0 Å². The zero-order valence-corrected chi connectivity index (χ0v) is 7.48. The molecule has 5 nitrogen and oxygen atoms in total. The summed E-state index contributed by atoms with van der Waals surface area (Å²) in [4.78, 5) is 10.4. The highest BCUT2D eigenvalue weighted by molar-refractivity contribution is 5.71.